The standard InChI is InChI=1S/C23H24FN3O/c1-5-6-7-8-16(2)23(3,4)22-26-20-15-27(10-9-21(20)28-22)19-12-17(14-25)11-18(24)13-19/h5-8,11-13H,1,9-10,15H2,2-4H3/b7-6-,16-8+. The highest BCUT2D eigenvalue weighted by Gasteiger charge is 2.32. The van der Waals surface area contributed by atoms with Crippen molar-refractivity contribution in [3.8, 4) is 6.07 Å². The molecule has 144 valence electrons. The molecular weight excluding hydrogens is 353 g/mol. The molecule has 0 saturated heterocycles. The minimum atomic E-state index is -0.407. The molecule has 0 spiro atoms. The van der Waals surface area contributed by atoms with E-state index in [0.717, 1.165) is 17.0 Å². The SMILES string of the molecule is C=C/C=C\C=C(/C)C(C)(C)c1nc2c(o1)CCN(c1cc(F)cc(C#N)c1)C2. The van der Waals surface area contributed by atoms with Crippen molar-refractivity contribution in [3.63, 3.8) is 0 Å². The molecular formula is C23H24FN3O. The van der Waals surface area contributed by atoms with Gasteiger partial charge in [-0.1, -0.05) is 36.5 Å². The first-order valence-electron chi connectivity index (χ1n) is 9.26. The van der Waals surface area contributed by atoms with Crippen molar-refractivity contribution in [1.29, 1.82) is 5.26 Å². The van der Waals surface area contributed by atoms with Gasteiger partial charge in [-0.25, -0.2) is 9.37 Å². The highest BCUT2D eigenvalue weighted by molar-refractivity contribution is 5.53. The molecule has 1 aromatic heterocycles. The number of fused-ring (bicyclic) bond motifs is 1. The third-order valence-corrected chi connectivity index (χ3v) is 5.22. The molecule has 0 amide bonds. The molecule has 0 aliphatic carbocycles. The van der Waals surface area contributed by atoms with Crippen molar-refractivity contribution >= 4 is 5.69 Å². The zero-order valence-corrected chi connectivity index (χ0v) is 16.5. The van der Waals surface area contributed by atoms with Crippen LogP contribution in [0.5, 0.6) is 0 Å². The maximum absolute atomic E-state index is 13.8. The second-order valence-corrected chi connectivity index (χ2v) is 7.47. The number of allylic oxidation sites excluding steroid dienone is 5. The summed E-state index contributed by atoms with van der Waals surface area (Å²) in [5.41, 5.74) is 2.66. The van der Waals surface area contributed by atoms with Crippen LogP contribution in [0.2, 0.25) is 0 Å². The van der Waals surface area contributed by atoms with Gasteiger partial charge < -0.3 is 9.32 Å². The molecule has 1 aliphatic rings. The van der Waals surface area contributed by atoms with E-state index >= 15 is 0 Å². The number of benzene rings is 1. The summed E-state index contributed by atoms with van der Waals surface area (Å²) in [6, 6.07) is 6.41. The minimum Gasteiger partial charge on any atom is -0.444 e. The summed E-state index contributed by atoms with van der Waals surface area (Å²) in [5.74, 6) is 1.15. The molecule has 0 N–H and O–H groups in total. The monoisotopic (exact) mass is 377 g/mol. The number of oxazole rings is 1. The van der Waals surface area contributed by atoms with Crippen LogP contribution in [0.25, 0.3) is 0 Å². The van der Waals surface area contributed by atoms with Crippen molar-refractivity contribution in [2.24, 2.45) is 0 Å². The van der Waals surface area contributed by atoms with Gasteiger partial charge in [0.2, 0.25) is 5.89 Å². The lowest BCUT2D eigenvalue weighted by Gasteiger charge is -2.27. The van der Waals surface area contributed by atoms with E-state index < -0.39 is 5.82 Å². The number of halogens is 1. The predicted octanol–water partition coefficient (Wildman–Crippen LogP) is 5.21. The first kappa shape index (κ1) is 19.6. The molecule has 2 aromatic rings. The summed E-state index contributed by atoms with van der Waals surface area (Å²) in [6.07, 6.45) is 8.29. The lowest BCUT2D eigenvalue weighted by Crippen LogP contribution is -2.30. The minimum absolute atomic E-state index is 0.316. The van der Waals surface area contributed by atoms with Gasteiger partial charge in [-0.2, -0.15) is 5.26 Å². The van der Waals surface area contributed by atoms with Gasteiger partial charge in [0.15, 0.2) is 0 Å². The third-order valence-electron chi connectivity index (χ3n) is 5.22. The van der Waals surface area contributed by atoms with Crippen LogP contribution >= 0.6 is 0 Å². The Balaban J connectivity index is 1.86. The Labute approximate surface area is 165 Å². The molecule has 0 atom stereocenters. The van der Waals surface area contributed by atoms with E-state index in [1.807, 2.05) is 29.2 Å². The zero-order chi connectivity index (χ0) is 20.3. The van der Waals surface area contributed by atoms with Crippen LogP contribution in [-0.2, 0) is 18.4 Å². The topological polar surface area (TPSA) is 53.1 Å². The van der Waals surface area contributed by atoms with Gasteiger partial charge in [0, 0.05) is 18.7 Å². The first-order valence-corrected chi connectivity index (χ1v) is 9.26. The highest BCUT2D eigenvalue weighted by Crippen LogP contribution is 2.34. The van der Waals surface area contributed by atoms with Crippen LogP contribution in [0.4, 0.5) is 10.1 Å². The first-order chi connectivity index (χ1) is 13.3. The smallest absolute Gasteiger partial charge is 0.204 e. The second-order valence-electron chi connectivity index (χ2n) is 7.47. The van der Waals surface area contributed by atoms with Gasteiger partial charge in [0.1, 0.15) is 17.3 Å². The summed E-state index contributed by atoms with van der Waals surface area (Å²) in [5, 5.41) is 9.09. The Morgan fingerprint density at radius 3 is 2.86 bits per heavy atom. The molecule has 28 heavy (non-hydrogen) atoms. The highest BCUT2D eigenvalue weighted by atomic mass is 19.1. The zero-order valence-electron chi connectivity index (χ0n) is 16.5. The normalized spacial score (nSPS) is 14.8. The predicted molar refractivity (Wildman–Crippen MR) is 108 cm³/mol. The second kappa shape index (κ2) is 7.85. The van der Waals surface area contributed by atoms with Crippen molar-refractivity contribution < 1.29 is 8.81 Å². The summed E-state index contributed by atoms with van der Waals surface area (Å²) < 4.78 is 19.9. The van der Waals surface area contributed by atoms with E-state index in [9.17, 15) is 4.39 Å². The van der Waals surface area contributed by atoms with Gasteiger partial charge in [-0.05, 0) is 39.0 Å². The summed E-state index contributed by atoms with van der Waals surface area (Å²) in [6.45, 7) is 11.1. The van der Waals surface area contributed by atoms with Crippen molar-refractivity contribution in [2.75, 3.05) is 11.4 Å². The van der Waals surface area contributed by atoms with E-state index in [1.165, 1.54) is 12.1 Å². The van der Waals surface area contributed by atoms with Crippen LogP contribution in [0.1, 0.15) is 43.7 Å². The van der Waals surface area contributed by atoms with E-state index in [4.69, 9.17) is 14.7 Å². The summed E-state index contributed by atoms with van der Waals surface area (Å²) in [7, 11) is 0. The van der Waals surface area contributed by atoms with Crippen LogP contribution in [0.3, 0.4) is 0 Å². The third kappa shape index (κ3) is 3.91. The fraction of sp³-hybridized carbons (Fsp3) is 0.304. The Morgan fingerprint density at radius 2 is 2.14 bits per heavy atom. The number of hydrogen-bond acceptors (Lipinski definition) is 4. The van der Waals surface area contributed by atoms with Crippen LogP contribution in [-0.4, -0.2) is 11.5 Å². The van der Waals surface area contributed by atoms with Gasteiger partial charge in [-0.15, -0.1) is 0 Å². The maximum atomic E-state index is 13.8. The Morgan fingerprint density at radius 1 is 1.36 bits per heavy atom. The molecule has 1 aromatic carbocycles. The molecule has 5 heteroatoms. The average Bonchev–Trinajstić information content (AvgIpc) is 3.11. The number of nitrogens with zero attached hydrogens (tertiary/aromatic N) is 3. The average molecular weight is 377 g/mol. The van der Waals surface area contributed by atoms with E-state index in [-0.39, 0.29) is 5.41 Å². The summed E-state index contributed by atoms with van der Waals surface area (Å²) >= 11 is 0. The Kier molecular flexibility index (Phi) is 5.51. The van der Waals surface area contributed by atoms with E-state index in [1.54, 1.807) is 12.1 Å². The van der Waals surface area contributed by atoms with Crippen LogP contribution < -0.4 is 4.90 Å². The van der Waals surface area contributed by atoms with Gasteiger partial charge in [0.25, 0.3) is 0 Å². The Bertz CT molecular complexity index is 992. The molecule has 3 rings (SSSR count). The molecule has 4 nitrogen and oxygen atoms in total. The van der Waals surface area contributed by atoms with Crippen molar-refractivity contribution in [3.05, 3.63) is 83.4 Å². The Hall–Kier alpha value is -3.13. The number of hydrogen-bond donors (Lipinski definition) is 0. The molecule has 0 fully saturated rings. The molecule has 0 radical (unpaired) electrons. The van der Waals surface area contributed by atoms with Gasteiger partial charge in [0.05, 0.1) is 23.6 Å². The lowest BCUT2D eigenvalue weighted by atomic mass is 9.84. The quantitative estimate of drug-likeness (QED) is 0.671. The van der Waals surface area contributed by atoms with Crippen molar-refractivity contribution in [2.45, 2.75) is 39.2 Å². The fourth-order valence-corrected chi connectivity index (χ4v) is 3.16. The lowest BCUT2D eigenvalue weighted by molar-refractivity contribution is 0.383. The molecule has 1 aliphatic heterocycles. The van der Waals surface area contributed by atoms with Crippen LogP contribution in [0, 0.1) is 17.1 Å². The summed E-state index contributed by atoms with van der Waals surface area (Å²) in [4.78, 5) is 6.79. The number of aromatic nitrogens is 1. The van der Waals surface area contributed by atoms with E-state index in [0.29, 0.717) is 36.7 Å². The number of rotatable bonds is 5. The van der Waals surface area contributed by atoms with Gasteiger partial charge in [-0.3, -0.25) is 0 Å². The van der Waals surface area contributed by atoms with E-state index in [2.05, 4.69) is 27.4 Å². The van der Waals surface area contributed by atoms with Crippen molar-refractivity contribution in [1.82, 2.24) is 4.98 Å². The maximum Gasteiger partial charge on any atom is 0.204 e. The molecule has 0 bridgehead atoms. The molecule has 0 saturated carbocycles. The van der Waals surface area contributed by atoms with Crippen LogP contribution in [0.15, 0.2) is 59.1 Å². The fourth-order valence-electron chi connectivity index (χ4n) is 3.16. The largest absolute Gasteiger partial charge is 0.444 e. The molecule has 2 heterocycles. The van der Waals surface area contributed by atoms with Gasteiger partial charge >= 0.3 is 0 Å². The molecule has 0 unspecified atom stereocenters. The number of nitriles is 1. The number of anilines is 1.